The molecule has 0 N–H and O–H groups in total. The van der Waals surface area contributed by atoms with Crippen molar-refractivity contribution in [1.29, 1.82) is 0 Å². The molecule has 0 heterocycles. The number of nitrogens with zero attached hydrogens (tertiary/aromatic N) is 2. The molecule has 0 aromatic heterocycles. The van der Waals surface area contributed by atoms with E-state index < -0.39 is 0 Å². The molecule has 60 heavy (non-hydrogen) atoms. The van der Waals surface area contributed by atoms with Gasteiger partial charge in [-0.25, -0.2) is 0 Å². The number of hydrogen-bond donors (Lipinski definition) is 0. The number of unbranched alkanes of at least 4 members (excludes halogenated alkanes) is 26. The molecular formula is C54H108N2O4. The molecule has 0 saturated carbocycles. The molecule has 0 aliphatic carbocycles. The second kappa shape index (κ2) is 47.3. The Labute approximate surface area is 376 Å². The van der Waals surface area contributed by atoms with Crippen LogP contribution in [0.2, 0.25) is 0 Å². The van der Waals surface area contributed by atoms with E-state index in [0.717, 1.165) is 38.8 Å². The molecule has 0 aliphatic heterocycles. The van der Waals surface area contributed by atoms with Crippen molar-refractivity contribution in [3.63, 3.8) is 0 Å². The van der Waals surface area contributed by atoms with Crippen LogP contribution in [0.15, 0.2) is 0 Å². The summed E-state index contributed by atoms with van der Waals surface area (Å²) in [5.41, 5.74) is 0. The number of hydrogen-bond acceptors (Lipinski definition) is 6. The highest BCUT2D eigenvalue weighted by Gasteiger charge is 2.14. The molecule has 6 heteroatoms. The summed E-state index contributed by atoms with van der Waals surface area (Å²) in [6, 6.07) is 0. The molecule has 0 aliphatic rings. The van der Waals surface area contributed by atoms with E-state index in [0.29, 0.717) is 37.9 Å². The van der Waals surface area contributed by atoms with Gasteiger partial charge in [0.25, 0.3) is 0 Å². The molecule has 0 fully saturated rings. The molecule has 0 aromatic carbocycles. The quantitative estimate of drug-likeness (QED) is 0.0449. The summed E-state index contributed by atoms with van der Waals surface area (Å²) in [6.45, 7) is 14.9. The normalized spacial score (nSPS) is 12.7. The van der Waals surface area contributed by atoms with Gasteiger partial charge in [-0.1, -0.05) is 207 Å². The van der Waals surface area contributed by atoms with Crippen LogP contribution in [-0.2, 0) is 19.1 Å². The van der Waals surface area contributed by atoms with Gasteiger partial charge in [-0.2, -0.15) is 0 Å². The summed E-state index contributed by atoms with van der Waals surface area (Å²) in [5.74, 6) is 1.14. The zero-order chi connectivity index (χ0) is 44.0. The van der Waals surface area contributed by atoms with E-state index in [1.165, 1.54) is 219 Å². The maximum Gasteiger partial charge on any atom is 0.305 e. The lowest BCUT2D eigenvalue weighted by Gasteiger charge is -2.24. The van der Waals surface area contributed by atoms with E-state index in [1.54, 1.807) is 0 Å². The first-order chi connectivity index (χ1) is 29.4. The fourth-order valence-electron chi connectivity index (χ4n) is 8.63. The third kappa shape index (κ3) is 43.5. The number of esters is 2. The lowest BCUT2D eigenvalue weighted by atomic mass is 9.95. The van der Waals surface area contributed by atoms with Crippen LogP contribution in [0.4, 0.5) is 0 Å². The minimum atomic E-state index is 0.0209. The zero-order valence-electron chi connectivity index (χ0n) is 41.8. The molecule has 0 amide bonds. The van der Waals surface area contributed by atoms with Gasteiger partial charge in [0.05, 0.1) is 13.2 Å². The third-order valence-electron chi connectivity index (χ3n) is 12.9. The number of ether oxygens (including phenoxy) is 2. The molecule has 0 saturated heterocycles. The number of carbonyl (C=O) groups is 2. The summed E-state index contributed by atoms with van der Waals surface area (Å²) >= 11 is 0. The lowest BCUT2D eigenvalue weighted by molar-refractivity contribution is -0.146. The van der Waals surface area contributed by atoms with Crippen molar-refractivity contribution in [3.05, 3.63) is 0 Å². The van der Waals surface area contributed by atoms with Crippen LogP contribution in [0.1, 0.15) is 272 Å². The summed E-state index contributed by atoms with van der Waals surface area (Å²) in [7, 11) is 4.34. The molecule has 0 aromatic rings. The second-order valence-electron chi connectivity index (χ2n) is 19.3. The van der Waals surface area contributed by atoms with Crippen LogP contribution in [-0.4, -0.2) is 75.2 Å². The van der Waals surface area contributed by atoms with Crippen molar-refractivity contribution in [2.24, 2.45) is 11.8 Å². The van der Waals surface area contributed by atoms with Gasteiger partial charge in [0.1, 0.15) is 0 Å². The number of carbonyl (C=O) groups excluding carboxylic acids is 2. The Morgan fingerprint density at radius 2 is 0.633 bits per heavy atom. The minimum absolute atomic E-state index is 0.0209. The van der Waals surface area contributed by atoms with Gasteiger partial charge in [-0.3, -0.25) is 9.59 Å². The van der Waals surface area contributed by atoms with Crippen molar-refractivity contribution >= 4 is 11.9 Å². The van der Waals surface area contributed by atoms with Crippen LogP contribution in [0.25, 0.3) is 0 Å². The van der Waals surface area contributed by atoms with Crippen molar-refractivity contribution < 1.29 is 19.1 Å². The Bertz CT molecular complexity index is 882. The van der Waals surface area contributed by atoms with Crippen molar-refractivity contribution in [1.82, 2.24) is 9.80 Å². The average Bonchev–Trinajstić information content (AvgIpc) is 3.24. The Morgan fingerprint density at radius 3 is 0.967 bits per heavy atom. The van der Waals surface area contributed by atoms with Crippen LogP contribution in [0, 0.1) is 11.8 Å². The Kier molecular flexibility index (Phi) is 46.4. The van der Waals surface area contributed by atoms with Crippen molar-refractivity contribution in [2.45, 2.75) is 272 Å². The molecule has 2 unspecified atom stereocenters. The van der Waals surface area contributed by atoms with Gasteiger partial charge in [-0.15, -0.1) is 0 Å². The third-order valence-corrected chi connectivity index (χ3v) is 12.9. The number of likely N-dealkylation sites (N-methyl/N-ethyl adjacent to an activating group) is 1. The predicted octanol–water partition coefficient (Wildman–Crippen LogP) is 16.1. The fraction of sp³-hybridized carbons (Fsp3) is 0.963. The van der Waals surface area contributed by atoms with Crippen LogP contribution < -0.4 is 0 Å². The first-order valence-electron chi connectivity index (χ1n) is 27.0. The highest BCUT2D eigenvalue weighted by atomic mass is 16.5. The summed E-state index contributed by atoms with van der Waals surface area (Å²) in [6.07, 6.45) is 46.7. The van der Waals surface area contributed by atoms with Crippen LogP contribution in [0.5, 0.6) is 0 Å². The van der Waals surface area contributed by atoms with Crippen molar-refractivity contribution in [3.8, 4) is 0 Å². The Hall–Kier alpha value is -1.14. The van der Waals surface area contributed by atoms with Crippen LogP contribution in [0.3, 0.4) is 0 Å². The van der Waals surface area contributed by atoms with E-state index in [9.17, 15) is 9.59 Å². The summed E-state index contributed by atoms with van der Waals surface area (Å²) in [4.78, 5) is 30.2. The van der Waals surface area contributed by atoms with Gasteiger partial charge in [0, 0.05) is 25.9 Å². The fourth-order valence-corrected chi connectivity index (χ4v) is 8.63. The average molecular weight is 849 g/mol. The van der Waals surface area contributed by atoms with Gasteiger partial charge in [-0.05, 0) is 90.4 Å². The first kappa shape index (κ1) is 58.9. The second-order valence-corrected chi connectivity index (χ2v) is 19.3. The SMILES string of the molecule is CCCCCCCCCCC(CCCCCC)COC(=O)CCCCCCCN(CCCCCCCC(=O)OCC(CCCCCC)CCCCCCCC)CCN(C)C. The van der Waals surface area contributed by atoms with E-state index in [-0.39, 0.29) is 11.9 Å². The van der Waals surface area contributed by atoms with E-state index in [1.807, 2.05) is 0 Å². The Morgan fingerprint density at radius 1 is 0.350 bits per heavy atom. The van der Waals surface area contributed by atoms with Gasteiger partial charge in [0.2, 0.25) is 0 Å². The predicted molar refractivity (Wildman–Crippen MR) is 262 cm³/mol. The Balaban J connectivity index is 4.24. The van der Waals surface area contributed by atoms with E-state index >= 15 is 0 Å². The maximum atomic E-state index is 12.6. The molecule has 0 bridgehead atoms. The molecule has 2 atom stereocenters. The standard InChI is InChI=1S/C54H108N2O4/c1-7-11-15-19-21-22-26-34-42-52(40-32-18-14-10-4)50-60-54(58)44-36-28-24-30-38-46-56(48-47-55(5)6)45-37-29-23-27-35-43-53(57)59-49-51(39-31-17-13-9-3)41-33-25-20-16-12-8-2/h51-52H,7-50H2,1-6H3. The summed E-state index contributed by atoms with van der Waals surface area (Å²) < 4.78 is 11.7. The molecule has 358 valence electrons. The zero-order valence-corrected chi connectivity index (χ0v) is 41.8. The smallest absolute Gasteiger partial charge is 0.305 e. The molecule has 6 nitrogen and oxygen atoms in total. The topological polar surface area (TPSA) is 59.1 Å². The molecule has 0 radical (unpaired) electrons. The lowest BCUT2D eigenvalue weighted by Crippen LogP contribution is -2.33. The molecular weight excluding hydrogens is 741 g/mol. The first-order valence-corrected chi connectivity index (χ1v) is 27.0. The van der Waals surface area contributed by atoms with Gasteiger partial charge >= 0.3 is 11.9 Å². The minimum Gasteiger partial charge on any atom is -0.465 e. The van der Waals surface area contributed by atoms with Crippen molar-refractivity contribution in [2.75, 3.05) is 53.5 Å². The number of rotatable bonds is 49. The maximum absolute atomic E-state index is 12.6. The van der Waals surface area contributed by atoms with E-state index in [4.69, 9.17) is 9.47 Å². The highest BCUT2D eigenvalue weighted by Crippen LogP contribution is 2.22. The van der Waals surface area contributed by atoms with E-state index in [2.05, 4.69) is 51.6 Å². The highest BCUT2D eigenvalue weighted by molar-refractivity contribution is 5.69. The molecule has 0 rings (SSSR count). The van der Waals surface area contributed by atoms with Gasteiger partial charge in [0.15, 0.2) is 0 Å². The molecule has 0 spiro atoms. The van der Waals surface area contributed by atoms with Gasteiger partial charge < -0.3 is 19.3 Å². The van der Waals surface area contributed by atoms with Crippen LogP contribution >= 0.6 is 0 Å². The monoisotopic (exact) mass is 849 g/mol. The largest absolute Gasteiger partial charge is 0.465 e. The summed E-state index contributed by atoms with van der Waals surface area (Å²) in [5, 5.41) is 0.